The van der Waals surface area contributed by atoms with Crippen molar-refractivity contribution in [3.05, 3.63) is 28.2 Å². The van der Waals surface area contributed by atoms with Gasteiger partial charge in [-0.15, -0.1) is 0 Å². The van der Waals surface area contributed by atoms with Gasteiger partial charge in [-0.1, -0.05) is 15.9 Å². The van der Waals surface area contributed by atoms with Crippen LogP contribution in [0.25, 0.3) is 0 Å². The molecule has 0 unspecified atom stereocenters. The summed E-state index contributed by atoms with van der Waals surface area (Å²) in [4.78, 5) is 24.4. The van der Waals surface area contributed by atoms with Crippen LogP contribution in [0.3, 0.4) is 0 Å². The molecular formula is C13H14BrNO4. The molecule has 6 heteroatoms. The van der Waals surface area contributed by atoms with E-state index >= 15 is 0 Å². The second kappa shape index (κ2) is 5.61. The van der Waals surface area contributed by atoms with E-state index in [1.54, 1.807) is 6.07 Å². The average molecular weight is 328 g/mol. The number of phenols is 1. The van der Waals surface area contributed by atoms with Crippen molar-refractivity contribution >= 4 is 27.8 Å². The lowest BCUT2D eigenvalue weighted by molar-refractivity contribution is -0.137. The predicted molar refractivity (Wildman–Crippen MR) is 72.1 cm³/mol. The summed E-state index contributed by atoms with van der Waals surface area (Å²) < 4.78 is 0.662. The summed E-state index contributed by atoms with van der Waals surface area (Å²) in [6.45, 7) is 0.0817. The van der Waals surface area contributed by atoms with Crippen molar-refractivity contribution in [1.82, 2.24) is 4.90 Å². The molecule has 0 spiro atoms. The third-order valence-corrected chi connectivity index (χ3v) is 3.47. The third-order valence-electron chi connectivity index (χ3n) is 2.98. The minimum absolute atomic E-state index is 0.122. The minimum Gasteiger partial charge on any atom is -0.507 e. The average Bonchev–Trinajstić information content (AvgIpc) is 3.14. The van der Waals surface area contributed by atoms with Crippen molar-refractivity contribution in [2.75, 3.05) is 13.1 Å². The zero-order valence-corrected chi connectivity index (χ0v) is 11.8. The van der Waals surface area contributed by atoms with Crippen molar-refractivity contribution in [3.8, 4) is 5.75 Å². The predicted octanol–water partition coefficient (Wildman–Crippen LogP) is 2.09. The Hall–Kier alpha value is -1.56. The number of carboxylic acids is 1. The monoisotopic (exact) mass is 327 g/mol. The molecule has 2 N–H and O–H groups in total. The molecule has 1 aliphatic carbocycles. The number of carbonyl (C=O) groups excluding carboxylic acids is 1. The molecule has 0 heterocycles. The molecule has 1 amide bonds. The van der Waals surface area contributed by atoms with Gasteiger partial charge in [0, 0.05) is 11.0 Å². The van der Waals surface area contributed by atoms with Crippen molar-refractivity contribution in [3.63, 3.8) is 0 Å². The molecule has 2 rings (SSSR count). The van der Waals surface area contributed by atoms with E-state index in [1.807, 2.05) is 0 Å². The highest BCUT2D eigenvalue weighted by atomic mass is 79.9. The molecule has 102 valence electrons. The number of nitrogens with zero attached hydrogens (tertiary/aromatic N) is 1. The Morgan fingerprint density at radius 3 is 2.63 bits per heavy atom. The number of aliphatic carboxylic acids is 1. The maximum Gasteiger partial charge on any atom is 0.323 e. The summed E-state index contributed by atoms with van der Waals surface area (Å²) in [5, 5.41) is 18.6. The fraction of sp³-hybridized carbons (Fsp3) is 0.385. The Labute approximate surface area is 119 Å². The second-order valence-corrected chi connectivity index (χ2v) is 5.60. The van der Waals surface area contributed by atoms with Crippen LogP contribution in [0, 0.1) is 5.92 Å². The highest BCUT2D eigenvalue weighted by Crippen LogP contribution is 2.31. The van der Waals surface area contributed by atoms with E-state index in [0.29, 0.717) is 16.9 Å². The third kappa shape index (κ3) is 3.70. The number of carbonyl (C=O) groups is 2. The quantitative estimate of drug-likeness (QED) is 0.868. The summed E-state index contributed by atoms with van der Waals surface area (Å²) in [6, 6.07) is 4.53. The molecular weight excluding hydrogens is 314 g/mol. The first-order valence-corrected chi connectivity index (χ1v) is 6.76. The number of hydrogen-bond donors (Lipinski definition) is 2. The van der Waals surface area contributed by atoms with Crippen molar-refractivity contribution < 1.29 is 19.8 Å². The number of halogens is 1. The van der Waals surface area contributed by atoms with Crippen LogP contribution in [0.2, 0.25) is 0 Å². The van der Waals surface area contributed by atoms with E-state index in [-0.39, 0.29) is 17.9 Å². The number of phenolic OH excluding ortho intramolecular Hbond substituents is 1. The highest BCUT2D eigenvalue weighted by Gasteiger charge is 2.29. The van der Waals surface area contributed by atoms with Gasteiger partial charge >= 0.3 is 5.97 Å². The molecule has 0 radical (unpaired) electrons. The Morgan fingerprint density at radius 1 is 1.37 bits per heavy atom. The molecule has 1 aliphatic rings. The number of carboxylic acid groups (broad SMARTS) is 1. The first-order chi connectivity index (χ1) is 8.97. The zero-order valence-electron chi connectivity index (χ0n) is 10.2. The van der Waals surface area contributed by atoms with Crippen LogP contribution < -0.4 is 0 Å². The van der Waals surface area contributed by atoms with Crippen LogP contribution in [0.4, 0.5) is 0 Å². The SMILES string of the molecule is O=C(O)CN(CC1CC1)C(=O)c1cc(Br)ccc1O. The molecule has 0 bridgehead atoms. The van der Waals surface area contributed by atoms with E-state index < -0.39 is 11.9 Å². The van der Waals surface area contributed by atoms with Gasteiger partial charge in [-0.2, -0.15) is 0 Å². The Morgan fingerprint density at radius 2 is 2.05 bits per heavy atom. The topological polar surface area (TPSA) is 77.8 Å². The largest absolute Gasteiger partial charge is 0.507 e. The molecule has 1 aromatic carbocycles. The van der Waals surface area contributed by atoms with Crippen molar-refractivity contribution in [2.24, 2.45) is 5.92 Å². The van der Waals surface area contributed by atoms with Gasteiger partial charge in [0.25, 0.3) is 5.91 Å². The van der Waals surface area contributed by atoms with E-state index in [4.69, 9.17) is 5.11 Å². The van der Waals surface area contributed by atoms with E-state index in [2.05, 4.69) is 15.9 Å². The van der Waals surface area contributed by atoms with Gasteiger partial charge < -0.3 is 15.1 Å². The van der Waals surface area contributed by atoms with Gasteiger partial charge in [-0.05, 0) is 37.0 Å². The maximum atomic E-state index is 12.3. The molecule has 0 saturated heterocycles. The molecule has 19 heavy (non-hydrogen) atoms. The van der Waals surface area contributed by atoms with Crippen molar-refractivity contribution in [2.45, 2.75) is 12.8 Å². The lowest BCUT2D eigenvalue weighted by Gasteiger charge is -2.21. The van der Waals surface area contributed by atoms with Crippen LogP contribution in [0.5, 0.6) is 5.75 Å². The number of aromatic hydroxyl groups is 1. The number of hydrogen-bond acceptors (Lipinski definition) is 3. The Balaban J connectivity index is 2.21. The lowest BCUT2D eigenvalue weighted by Crippen LogP contribution is -2.37. The van der Waals surface area contributed by atoms with Gasteiger partial charge in [0.2, 0.25) is 0 Å². The van der Waals surface area contributed by atoms with Gasteiger partial charge in [0.1, 0.15) is 12.3 Å². The Kier molecular flexibility index (Phi) is 4.09. The summed E-state index contributed by atoms with van der Waals surface area (Å²) in [6.07, 6.45) is 2.04. The van der Waals surface area contributed by atoms with Crippen LogP contribution in [0.1, 0.15) is 23.2 Å². The molecule has 5 nitrogen and oxygen atoms in total. The molecule has 0 aliphatic heterocycles. The van der Waals surface area contributed by atoms with E-state index in [1.165, 1.54) is 17.0 Å². The fourth-order valence-corrected chi connectivity index (χ4v) is 2.21. The molecule has 0 aromatic heterocycles. The summed E-state index contributed by atoms with van der Waals surface area (Å²) in [7, 11) is 0. The molecule has 1 aromatic rings. The standard InChI is InChI=1S/C13H14BrNO4/c14-9-3-4-11(16)10(5-9)13(19)15(7-12(17)18)6-8-1-2-8/h3-5,8,16H,1-2,6-7H2,(H,17,18). The van der Waals surface area contributed by atoms with Crippen LogP contribution >= 0.6 is 15.9 Å². The number of rotatable bonds is 5. The van der Waals surface area contributed by atoms with Gasteiger partial charge in [-0.25, -0.2) is 0 Å². The second-order valence-electron chi connectivity index (χ2n) is 4.68. The first-order valence-electron chi connectivity index (χ1n) is 5.97. The van der Waals surface area contributed by atoms with Gasteiger partial charge in [-0.3, -0.25) is 9.59 Å². The van der Waals surface area contributed by atoms with Crippen LogP contribution in [-0.2, 0) is 4.79 Å². The normalized spacial score (nSPS) is 14.2. The molecule has 0 atom stereocenters. The van der Waals surface area contributed by atoms with Crippen LogP contribution in [0.15, 0.2) is 22.7 Å². The first kappa shape index (κ1) is 13.9. The fourth-order valence-electron chi connectivity index (χ4n) is 1.84. The summed E-state index contributed by atoms with van der Waals surface area (Å²) in [5.41, 5.74) is 0.122. The molecule has 1 fully saturated rings. The van der Waals surface area contributed by atoms with Gasteiger partial charge in [0.05, 0.1) is 5.56 Å². The summed E-state index contributed by atoms with van der Waals surface area (Å²) in [5.74, 6) is -1.26. The number of amides is 1. The maximum absolute atomic E-state index is 12.3. The van der Waals surface area contributed by atoms with E-state index in [0.717, 1.165) is 12.8 Å². The van der Waals surface area contributed by atoms with Crippen molar-refractivity contribution in [1.29, 1.82) is 0 Å². The van der Waals surface area contributed by atoms with Gasteiger partial charge in [0.15, 0.2) is 0 Å². The van der Waals surface area contributed by atoms with E-state index in [9.17, 15) is 14.7 Å². The smallest absolute Gasteiger partial charge is 0.323 e. The molecule has 1 saturated carbocycles. The van der Waals surface area contributed by atoms with Crippen LogP contribution in [-0.4, -0.2) is 40.1 Å². The number of benzene rings is 1. The Bertz CT molecular complexity index is 513. The minimum atomic E-state index is -1.05. The summed E-state index contributed by atoms with van der Waals surface area (Å²) >= 11 is 3.23. The highest BCUT2D eigenvalue weighted by molar-refractivity contribution is 9.10. The zero-order chi connectivity index (χ0) is 14.0. The lowest BCUT2D eigenvalue weighted by atomic mass is 10.1.